The Hall–Kier alpha value is -1.98. The minimum Gasteiger partial charge on any atom is -0.466 e. The van der Waals surface area contributed by atoms with Gasteiger partial charge in [0, 0.05) is 11.8 Å². The molecular formula is C11H10F3NO2. The Bertz CT molecular complexity index is 453. The highest BCUT2D eigenvalue weighted by molar-refractivity contribution is 5.87. The number of rotatable bonds is 2. The second-order valence-electron chi connectivity index (χ2n) is 3.20. The van der Waals surface area contributed by atoms with Crippen molar-refractivity contribution in [3.63, 3.8) is 0 Å². The molecule has 0 aliphatic heterocycles. The highest BCUT2D eigenvalue weighted by Crippen LogP contribution is 2.33. The number of halogens is 3. The van der Waals surface area contributed by atoms with Gasteiger partial charge >= 0.3 is 12.1 Å². The summed E-state index contributed by atoms with van der Waals surface area (Å²) in [5.41, 5.74) is 4.54. The van der Waals surface area contributed by atoms with Crippen molar-refractivity contribution in [3.8, 4) is 0 Å². The number of methoxy groups -OCH3 is 1. The maximum Gasteiger partial charge on any atom is 0.416 e. The van der Waals surface area contributed by atoms with Crippen LogP contribution in [0, 0.1) is 0 Å². The van der Waals surface area contributed by atoms with Crippen LogP contribution in [0.5, 0.6) is 0 Å². The van der Waals surface area contributed by atoms with E-state index in [1.54, 1.807) is 0 Å². The molecule has 0 saturated carbocycles. The van der Waals surface area contributed by atoms with E-state index in [1.165, 1.54) is 0 Å². The van der Waals surface area contributed by atoms with Crippen LogP contribution in [0.2, 0.25) is 0 Å². The van der Waals surface area contributed by atoms with Crippen LogP contribution in [0.3, 0.4) is 0 Å². The van der Waals surface area contributed by atoms with Crippen LogP contribution >= 0.6 is 0 Å². The first kappa shape index (κ1) is 13.1. The number of esters is 1. The molecule has 0 fully saturated rings. The molecule has 1 rings (SSSR count). The zero-order chi connectivity index (χ0) is 13.1. The molecule has 0 aromatic heterocycles. The van der Waals surface area contributed by atoms with Gasteiger partial charge in [-0.05, 0) is 29.8 Å². The molecule has 0 amide bonds. The van der Waals surface area contributed by atoms with Crippen molar-refractivity contribution in [3.05, 3.63) is 35.4 Å². The minimum absolute atomic E-state index is 0.178. The summed E-state index contributed by atoms with van der Waals surface area (Å²) in [6.45, 7) is 0. The number of hydrogen-bond acceptors (Lipinski definition) is 3. The smallest absolute Gasteiger partial charge is 0.416 e. The lowest BCUT2D eigenvalue weighted by Gasteiger charge is -2.10. The fourth-order valence-electron chi connectivity index (χ4n) is 1.20. The molecule has 0 spiro atoms. The highest BCUT2D eigenvalue weighted by atomic mass is 19.4. The number of ether oxygens (including phenoxy) is 1. The van der Waals surface area contributed by atoms with Gasteiger partial charge in [-0.3, -0.25) is 0 Å². The summed E-state index contributed by atoms with van der Waals surface area (Å²) in [7, 11) is 1.14. The molecule has 0 unspecified atom stereocenters. The Labute approximate surface area is 95.7 Å². The second-order valence-corrected chi connectivity index (χ2v) is 3.20. The first-order valence-corrected chi connectivity index (χ1v) is 4.57. The molecule has 0 aliphatic rings. The molecule has 92 valence electrons. The zero-order valence-corrected chi connectivity index (χ0v) is 8.91. The SMILES string of the molecule is COC(=O)C=Cc1cc(N)ccc1C(F)(F)F. The Morgan fingerprint density at radius 2 is 2.06 bits per heavy atom. The van der Waals surface area contributed by atoms with Crippen LogP contribution in [0.25, 0.3) is 6.08 Å². The highest BCUT2D eigenvalue weighted by Gasteiger charge is 2.32. The van der Waals surface area contributed by atoms with Crippen molar-refractivity contribution in [1.82, 2.24) is 0 Å². The minimum atomic E-state index is -4.50. The Morgan fingerprint density at radius 3 is 2.59 bits per heavy atom. The van der Waals surface area contributed by atoms with E-state index in [2.05, 4.69) is 4.74 Å². The molecule has 0 heterocycles. The largest absolute Gasteiger partial charge is 0.466 e. The topological polar surface area (TPSA) is 52.3 Å². The summed E-state index contributed by atoms with van der Waals surface area (Å²) in [5, 5.41) is 0. The van der Waals surface area contributed by atoms with Gasteiger partial charge in [0.2, 0.25) is 0 Å². The lowest BCUT2D eigenvalue weighted by atomic mass is 10.1. The third-order valence-electron chi connectivity index (χ3n) is 1.98. The summed E-state index contributed by atoms with van der Waals surface area (Å²) >= 11 is 0. The van der Waals surface area contributed by atoms with Gasteiger partial charge in [0.25, 0.3) is 0 Å². The van der Waals surface area contributed by atoms with Crippen LogP contribution in [-0.4, -0.2) is 13.1 Å². The molecule has 0 aliphatic carbocycles. The van der Waals surface area contributed by atoms with Gasteiger partial charge in [-0.25, -0.2) is 4.79 Å². The molecule has 3 nitrogen and oxygen atoms in total. The monoisotopic (exact) mass is 245 g/mol. The Kier molecular flexibility index (Phi) is 3.77. The van der Waals surface area contributed by atoms with E-state index >= 15 is 0 Å². The molecule has 1 aromatic carbocycles. The van der Waals surface area contributed by atoms with Gasteiger partial charge in [-0.1, -0.05) is 0 Å². The van der Waals surface area contributed by atoms with Crippen LogP contribution in [0.1, 0.15) is 11.1 Å². The van der Waals surface area contributed by atoms with Crippen molar-refractivity contribution in [2.45, 2.75) is 6.18 Å². The molecule has 0 atom stereocenters. The molecule has 17 heavy (non-hydrogen) atoms. The van der Waals surface area contributed by atoms with Gasteiger partial charge < -0.3 is 10.5 Å². The van der Waals surface area contributed by atoms with Gasteiger partial charge in [0.1, 0.15) is 0 Å². The number of nitrogens with two attached hydrogens (primary N) is 1. The van der Waals surface area contributed by atoms with E-state index in [4.69, 9.17) is 5.73 Å². The zero-order valence-electron chi connectivity index (χ0n) is 8.91. The lowest BCUT2D eigenvalue weighted by molar-refractivity contribution is -0.138. The fourth-order valence-corrected chi connectivity index (χ4v) is 1.20. The predicted molar refractivity (Wildman–Crippen MR) is 56.9 cm³/mol. The molecule has 6 heteroatoms. The summed E-state index contributed by atoms with van der Waals surface area (Å²) in [6, 6.07) is 3.16. The molecule has 0 saturated heterocycles. The van der Waals surface area contributed by atoms with Crippen LogP contribution in [0.15, 0.2) is 24.3 Å². The number of alkyl halides is 3. The van der Waals surface area contributed by atoms with Gasteiger partial charge in [-0.2, -0.15) is 13.2 Å². The van der Waals surface area contributed by atoms with Crippen LogP contribution < -0.4 is 5.73 Å². The number of benzene rings is 1. The third kappa shape index (κ3) is 3.51. The molecule has 2 N–H and O–H groups in total. The standard InChI is InChI=1S/C11H10F3NO2/c1-17-10(16)5-2-7-6-8(15)3-4-9(7)11(12,13)14/h2-6H,15H2,1H3. The van der Waals surface area contributed by atoms with Crippen molar-refractivity contribution in [2.24, 2.45) is 0 Å². The van der Waals surface area contributed by atoms with Gasteiger partial charge in [0.05, 0.1) is 12.7 Å². The summed E-state index contributed by atoms with van der Waals surface area (Å²) in [4.78, 5) is 10.8. The summed E-state index contributed by atoms with van der Waals surface area (Å²) in [5.74, 6) is -0.736. The summed E-state index contributed by atoms with van der Waals surface area (Å²) < 4.78 is 42.1. The maximum absolute atomic E-state index is 12.6. The number of anilines is 1. The normalized spacial score (nSPS) is 11.8. The number of nitrogen functional groups attached to an aromatic ring is 1. The second kappa shape index (κ2) is 4.90. The van der Waals surface area contributed by atoms with Crippen molar-refractivity contribution in [1.29, 1.82) is 0 Å². The van der Waals surface area contributed by atoms with E-state index in [0.29, 0.717) is 0 Å². The van der Waals surface area contributed by atoms with Crippen LogP contribution in [-0.2, 0) is 15.7 Å². The van der Waals surface area contributed by atoms with Crippen molar-refractivity contribution < 1.29 is 22.7 Å². The van der Waals surface area contributed by atoms with Crippen molar-refractivity contribution in [2.75, 3.05) is 12.8 Å². The first-order chi connectivity index (χ1) is 7.84. The lowest BCUT2D eigenvalue weighted by Crippen LogP contribution is -2.08. The Morgan fingerprint density at radius 1 is 1.41 bits per heavy atom. The van der Waals surface area contributed by atoms with Crippen molar-refractivity contribution >= 4 is 17.7 Å². The molecular weight excluding hydrogens is 235 g/mol. The van der Waals surface area contributed by atoms with Gasteiger partial charge in [-0.15, -0.1) is 0 Å². The maximum atomic E-state index is 12.6. The average molecular weight is 245 g/mol. The molecule has 1 aromatic rings. The molecule has 0 radical (unpaired) electrons. The summed E-state index contributed by atoms with van der Waals surface area (Å²) in [6.07, 6.45) is -2.57. The number of carbonyl (C=O) groups excluding carboxylic acids is 1. The fraction of sp³-hybridized carbons (Fsp3) is 0.182. The average Bonchev–Trinajstić information content (AvgIpc) is 2.24. The van der Waals surface area contributed by atoms with Gasteiger partial charge in [0.15, 0.2) is 0 Å². The quantitative estimate of drug-likeness (QED) is 0.494. The number of carbonyl (C=O) groups is 1. The predicted octanol–water partition coefficient (Wildman–Crippen LogP) is 2.47. The van der Waals surface area contributed by atoms with E-state index in [0.717, 1.165) is 37.5 Å². The van der Waals surface area contributed by atoms with E-state index in [9.17, 15) is 18.0 Å². The van der Waals surface area contributed by atoms with E-state index in [1.807, 2.05) is 0 Å². The van der Waals surface area contributed by atoms with E-state index < -0.39 is 17.7 Å². The van der Waals surface area contributed by atoms with E-state index in [-0.39, 0.29) is 11.3 Å². The number of hydrogen-bond donors (Lipinski definition) is 1. The Balaban J connectivity index is 3.17. The first-order valence-electron chi connectivity index (χ1n) is 4.57. The molecule has 0 bridgehead atoms. The van der Waals surface area contributed by atoms with Crippen LogP contribution in [0.4, 0.5) is 18.9 Å². The third-order valence-corrected chi connectivity index (χ3v) is 1.98.